The first kappa shape index (κ1) is 18.4. The Labute approximate surface area is 168 Å². The summed E-state index contributed by atoms with van der Waals surface area (Å²) >= 11 is 0. The summed E-state index contributed by atoms with van der Waals surface area (Å²) in [6.07, 6.45) is -3.75. The van der Waals surface area contributed by atoms with Gasteiger partial charge >= 0.3 is 11.9 Å². The van der Waals surface area contributed by atoms with Crippen LogP contribution in [-0.4, -0.2) is 17.1 Å². The molecule has 30 heavy (non-hydrogen) atoms. The topological polar surface area (TPSA) is 26.5 Å². The van der Waals surface area contributed by atoms with E-state index < -0.39 is 17.7 Å². The van der Waals surface area contributed by atoms with Crippen molar-refractivity contribution in [3.63, 3.8) is 0 Å². The number of aliphatic imine (C=N–C) groups is 1. The van der Waals surface area contributed by atoms with Crippen molar-refractivity contribution in [1.29, 1.82) is 0 Å². The summed E-state index contributed by atoms with van der Waals surface area (Å²) in [5.74, 6) is -0.617. The van der Waals surface area contributed by atoms with Crippen LogP contribution in [0.25, 0.3) is 22.0 Å². The highest BCUT2D eigenvalue weighted by molar-refractivity contribution is 6.03. The number of nitrogens with zero attached hydrogens (tertiary/aromatic N) is 2. The van der Waals surface area contributed by atoms with Gasteiger partial charge in [0.25, 0.3) is 0 Å². The molecular weight excluding hydrogens is 396 g/mol. The zero-order chi connectivity index (χ0) is 20.9. The van der Waals surface area contributed by atoms with Gasteiger partial charge in [0.2, 0.25) is 5.88 Å². The first-order valence-electron chi connectivity index (χ1n) is 9.16. The van der Waals surface area contributed by atoms with E-state index in [0.29, 0.717) is 16.6 Å². The molecule has 0 N–H and O–H groups in total. The highest BCUT2D eigenvalue weighted by Crippen LogP contribution is 2.50. The first-order chi connectivity index (χ1) is 14.4. The maximum Gasteiger partial charge on any atom is 0.455 e. The molecule has 150 valence electrons. The highest BCUT2D eigenvalue weighted by Gasteiger charge is 2.61. The molecule has 1 aliphatic heterocycles. The van der Waals surface area contributed by atoms with Crippen LogP contribution in [0.1, 0.15) is 5.56 Å². The largest absolute Gasteiger partial charge is 0.455 e. The Balaban J connectivity index is 1.80. The van der Waals surface area contributed by atoms with Crippen LogP contribution in [0.5, 0.6) is 5.88 Å². The Kier molecular flexibility index (Phi) is 3.96. The van der Waals surface area contributed by atoms with Crippen molar-refractivity contribution < 1.29 is 22.3 Å². The van der Waals surface area contributed by atoms with Gasteiger partial charge in [0.15, 0.2) is 0 Å². The number of hydrogen-bond acceptors (Lipinski definition) is 2. The average Bonchev–Trinajstić information content (AvgIpc) is 3.07. The van der Waals surface area contributed by atoms with E-state index in [2.05, 4.69) is 4.99 Å². The molecule has 1 unspecified atom stereocenters. The third kappa shape index (κ3) is 2.62. The fourth-order valence-corrected chi connectivity index (χ4v) is 3.75. The SMILES string of the molecule is Fc1ccc(C2(C(F)(F)F)N=Cn3c(c(-c4ccccc4)c4ccccc43)O2)cc1. The number of para-hydroxylation sites is 1. The molecule has 0 saturated heterocycles. The number of benzene rings is 3. The molecule has 4 aromatic rings. The van der Waals surface area contributed by atoms with E-state index in [9.17, 15) is 17.6 Å². The summed E-state index contributed by atoms with van der Waals surface area (Å²) in [5, 5.41) is 0.738. The normalized spacial score (nSPS) is 18.3. The molecular formula is C23H14F4N2O. The molecule has 0 amide bonds. The minimum absolute atomic E-state index is 0.0269. The zero-order valence-electron chi connectivity index (χ0n) is 15.4. The molecule has 5 rings (SSSR count). The number of rotatable bonds is 2. The molecule has 3 aromatic carbocycles. The lowest BCUT2D eigenvalue weighted by Gasteiger charge is -2.35. The molecule has 0 bridgehead atoms. The molecule has 3 nitrogen and oxygen atoms in total. The van der Waals surface area contributed by atoms with Crippen molar-refractivity contribution in [2.24, 2.45) is 4.99 Å². The number of halogens is 4. The van der Waals surface area contributed by atoms with Crippen molar-refractivity contribution in [2.45, 2.75) is 11.9 Å². The van der Waals surface area contributed by atoms with Crippen LogP contribution in [0.15, 0.2) is 83.9 Å². The van der Waals surface area contributed by atoms with Crippen molar-refractivity contribution >= 4 is 17.2 Å². The number of fused-ring (bicyclic) bond motifs is 3. The maximum absolute atomic E-state index is 14.3. The molecule has 2 heterocycles. The van der Waals surface area contributed by atoms with Gasteiger partial charge in [-0.3, -0.25) is 4.57 Å². The van der Waals surface area contributed by atoms with Gasteiger partial charge in [-0.25, -0.2) is 9.38 Å². The van der Waals surface area contributed by atoms with E-state index in [1.165, 1.54) is 4.57 Å². The predicted octanol–water partition coefficient (Wildman–Crippen LogP) is 6.13. The Bertz CT molecular complexity index is 1260. The Morgan fingerprint density at radius 1 is 0.833 bits per heavy atom. The molecule has 0 fully saturated rings. The van der Waals surface area contributed by atoms with E-state index in [-0.39, 0.29) is 11.4 Å². The molecule has 0 saturated carbocycles. The molecule has 1 aliphatic rings. The van der Waals surface area contributed by atoms with Gasteiger partial charge in [-0.1, -0.05) is 48.5 Å². The Hall–Kier alpha value is -3.61. The molecule has 1 atom stereocenters. The average molecular weight is 410 g/mol. The Morgan fingerprint density at radius 3 is 2.20 bits per heavy atom. The number of aromatic nitrogens is 1. The van der Waals surface area contributed by atoms with Crippen molar-refractivity contribution in [1.82, 2.24) is 4.57 Å². The number of alkyl halides is 3. The lowest BCUT2D eigenvalue weighted by molar-refractivity contribution is -0.253. The third-order valence-corrected chi connectivity index (χ3v) is 5.15. The van der Waals surface area contributed by atoms with Gasteiger partial charge in [0, 0.05) is 10.9 Å². The van der Waals surface area contributed by atoms with Crippen LogP contribution in [-0.2, 0) is 5.72 Å². The first-order valence-corrected chi connectivity index (χ1v) is 9.16. The lowest BCUT2D eigenvalue weighted by Crippen LogP contribution is -2.48. The van der Waals surface area contributed by atoms with Crippen LogP contribution < -0.4 is 4.74 Å². The van der Waals surface area contributed by atoms with Gasteiger partial charge in [-0.05, 0) is 35.9 Å². The minimum Gasteiger partial charge on any atom is -0.436 e. The lowest BCUT2D eigenvalue weighted by atomic mass is 10.0. The van der Waals surface area contributed by atoms with Gasteiger partial charge < -0.3 is 4.74 Å². The van der Waals surface area contributed by atoms with Crippen LogP contribution in [0.3, 0.4) is 0 Å². The zero-order valence-corrected chi connectivity index (χ0v) is 15.4. The number of hydrogen-bond donors (Lipinski definition) is 0. The van der Waals surface area contributed by atoms with E-state index in [1.54, 1.807) is 12.1 Å². The van der Waals surface area contributed by atoms with E-state index in [0.717, 1.165) is 36.0 Å². The molecule has 7 heteroatoms. The second kappa shape index (κ2) is 6.45. The second-order valence-corrected chi connectivity index (χ2v) is 6.93. The van der Waals surface area contributed by atoms with Crippen molar-refractivity contribution in [3.05, 3.63) is 90.2 Å². The van der Waals surface area contributed by atoms with E-state index >= 15 is 0 Å². The molecule has 0 aliphatic carbocycles. The van der Waals surface area contributed by atoms with Gasteiger partial charge in [-0.15, -0.1) is 0 Å². The van der Waals surface area contributed by atoms with Gasteiger partial charge in [0.1, 0.15) is 12.2 Å². The van der Waals surface area contributed by atoms with Crippen LogP contribution in [0.4, 0.5) is 17.6 Å². The summed E-state index contributed by atoms with van der Waals surface area (Å²) in [7, 11) is 0. The summed E-state index contributed by atoms with van der Waals surface area (Å²) in [5.41, 5.74) is -1.36. The quantitative estimate of drug-likeness (QED) is 0.365. The fraction of sp³-hybridized carbons (Fsp3) is 0.0870. The fourth-order valence-electron chi connectivity index (χ4n) is 3.75. The maximum atomic E-state index is 14.3. The predicted molar refractivity (Wildman–Crippen MR) is 106 cm³/mol. The second-order valence-electron chi connectivity index (χ2n) is 6.93. The minimum atomic E-state index is -4.88. The Morgan fingerprint density at radius 2 is 1.50 bits per heavy atom. The van der Waals surface area contributed by atoms with Crippen LogP contribution >= 0.6 is 0 Å². The van der Waals surface area contributed by atoms with E-state index in [4.69, 9.17) is 4.74 Å². The number of ether oxygens (including phenoxy) is 1. The van der Waals surface area contributed by atoms with Crippen molar-refractivity contribution in [2.75, 3.05) is 0 Å². The third-order valence-electron chi connectivity index (χ3n) is 5.15. The highest BCUT2D eigenvalue weighted by atomic mass is 19.4. The van der Waals surface area contributed by atoms with Crippen molar-refractivity contribution in [3.8, 4) is 17.0 Å². The van der Waals surface area contributed by atoms with Crippen LogP contribution in [0, 0.1) is 5.82 Å². The molecule has 1 aromatic heterocycles. The summed E-state index contributed by atoms with van der Waals surface area (Å²) in [4.78, 5) is 3.80. The summed E-state index contributed by atoms with van der Waals surface area (Å²) in [6.45, 7) is 0. The van der Waals surface area contributed by atoms with Gasteiger partial charge in [0.05, 0.1) is 11.1 Å². The smallest absolute Gasteiger partial charge is 0.436 e. The van der Waals surface area contributed by atoms with Gasteiger partial charge in [-0.2, -0.15) is 13.2 Å². The molecule has 0 spiro atoms. The van der Waals surface area contributed by atoms with E-state index in [1.807, 2.05) is 42.5 Å². The summed E-state index contributed by atoms with van der Waals surface area (Å²) in [6, 6.07) is 20.3. The van der Waals surface area contributed by atoms with Crippen LogP contribution in [0.2, 0.25) is 0 Å². The summed E-state index contributed by atoms with van der Waals surface area (Å²) < 4.78 is 63.6. The molecule has 0 radical (unpaired) electrons. The standard InChI is InChI=1S/C23H14F4N2O/c24-17-12-10-16(11-13-17)22(23(25,26)27)28-14-29-19-9-5-4-8-18(19)20(21(29)30-22)15-6-2-1-3-7-15/h1-14H. The monoisotopic (exact) mass is 410 g/mol.